The minimum Gasteiger partial charge on any atom is -0.491 e. The van der Waals surface area contributed by atoms with Crippen LogP contribution in [0.25, 0.3) is 0 Å². The van der Waals surface area contributed by atoms with E-state index in [0.717, 1.165) is 16.9 Å². The number of nitrogens with one attached hydrogen (secondary N) is 1. The minimum atomic E-state index is -0.0300. The first kappa shape index (κ1) is 16.1. The third-order valence-electron chi connectivity index (χ3n) is 3.48. The number of hydrogen-bond acceptors (Lipinski definition) is 2. The summed E-state index contributed by atoms with van der Waals surface area (Å²) in [5, 5.41) is 2.97. The molecule has 2 aromatic rings. The molecular weight excluding hydrogens is 274 g/mol. The lowest BCUT2D eigenvalue weighted by Gasteiger charge is -2.16. The molecule has 0 saturated carbocycles. The van der Waals surface area contributed by atoms with Crippen LogP contribution in [0, 0.1) is 13.8 Å². The van der Waals surface area contributed by atoms with Crippen LogP contribution in [0.15, 0.2) is 48.5 Å². The van der Waals surface area contributed by atoms with Gasteiger partial charge in [0, 0.05) is 0 Å². The second kappa shape index (κ2) is 7.64. The third-order valence-corrected chi connectivity index (χ3v) is 3.48. The fourth-order valence-corrected chi connectivity index (χ4v) is 2.19. The molecule has 22 heavy (non-hydrogen) atoms. The summed E-state index contributed by atoms with van der Waals surface area (Å²) < 4.78 is 5.75. The van der Waals surface area contributed by atoms with E-state index in [9.17, 15) is 4.79 Å². The third kappa shape index (κ3) is 4.92. The fourth-order valence-electron chi connectivity index (χ4n) is 2.19. The maximum atomic E-state index is 12.0. The van der Waals surface area contributed by atoms with Crippen LogP contribution < -0.4 is 10.1 Å². The molecule has 1 amide bonds. The van der Waals surface area contributed by atoms with Crippen LogP contribution in [0.3, 0.4) is 0 Å². The summed E-state index contributed by atoms with van der Waals surface area (Å²) in [5.41, 5.74) is 3.32. The molecule has 0 bridgehead atoms. The SMILES string of the molecule is Cc1ccc(CC(=O)NC(C)COc2ccccc2C)cc1. The molecule has 0 aliphatic rings. The van der Waals surface area contributed by atoms with Crippen molar-refractivity contribution in [2.75, 3.05) is 6.61 Å². The number of hydrogen-bond donors (Lipinski definition) is 1. The van der Waals surface area contributed by atoms with Gasteiger partial charge in [-0.25, -0.2) is 0 Å². The zero-order valence-corrected chi connectivity index (χ0v) is 13.4. The van der Waals surface area contributed by atoms with E-state index in [-0.39, 0.29) is 11.9 Å². The van der Waals surface area contributed by atoms with Crippen LogP contribution in [-0.4, -0.2) is 18.6 Å². The first-order valence-electron chi connectivity index (χ1n) is 7.58. The fraction of sp³-hybridized carbons (Fsp3) is 0.316. The number of rotatable bonds is 6. The summed E-state index contributed by atoms with van der Waals surface area (Å²) >= 11 is 0. The minimum absolute atomic E-state index is 0.0183. The molecule has 0 heterocycles. The number of carbonyl (C=O) groups is 1. The van der Waals surface area contributed by atoms with Gasteiger partial charge >= 0.3 is 0 Å². The van der Waals surface area contributed by atoms with Crippen molar-refractivity contribution in [3.63, 3.8) is 0 Å². The lowest BCUT2D eigenvalue weighted by molar-refractivity contribution is -0.121. The Balaban J connectivity index is 1.79. The lowest BCUT2D eigenvalue weighted by atomic mass is 10.1. The highest BCUT2D eigenvalue weighted by Gasteiger charge is 2.09. The standard InChI is InChI=1S/C19H23NO2/c1-14-8-10-17(11-9-14)12-19(21)20-16(3)13-22-18-7-5-4-6-15(18)2/h4-11,16H,12-13H2,1-3H3,(H,20,21). The monoisotopic (exact) mass is 297 g/mol. The Bertz CT molecular complexity index is 620. The van der Waals surface area contributed by atoms with Gasteiger partial charge in [0.2, 0.25) is 5.91 Å². The van der Waals surface area contributed by atoms with Crippen molar-refractivity contribution in [3.05, 3.63) is 65.2 Å². The smallest absolute Gasteiger partial charge is 0.224 e. The van der Waals surface area contributed by atoms with Crippen molar-refractivity contribution in [2.45, 2.75) is 33.2 Å². The molecule has 1 unspecified atom stereocenters. The first-order valence-corrected chi connectivity index (χ1v) is 7.58. The Morgan fingerprint density at radius 2 is 1.77 bits per heavy atom. The normalized spacial score (nSPS) is 11.8. The number of aryl methyl sites for hydroxylation is 2. The number of benzene rings is 2. The Kier molecular flexibility index (Phi) is 5.59. The van der Waals surface area contributed by atoms with E-state index in [2.05, 4.69) is 5.32 Å². The predicted octanol–water partition coefficient (Wildman–Crippen LogP) is 3.43. The van der Waals surface area contributed by atoms with E-state index in [0.29, 0.717) is 13.0 Å². The van der Waals surface area contributed by atoms with Gasteiger partial charge in [0.05, 0.1) is 12.5 Å². The van der Waals surface area contributed by atoms with E-state index in [1.807, 2.05) is 69.3 Å². The summed E-state index contributed by atoms with van der Waals surface area (Å²) in [5.74, 6) is 0.881. The van der Waals surface area contributed by atoms with Crippen LogP contribution in [0.5, 0.6) is 5.75 Å². The zero-order valence-electron chi connectivity index (χ0n) is 13.4. The van der Waals surface area contributed by atoms with E-state index in [1.54, 1.807) is 0 Å². The molecule has 1 atom stereocenters. The van der Waals surface area contributed by atoms with Gasteiger partial charge in [0.15, 0.2) is 0 Å². The Morgan fingerprint density at radius 1 is 1.09 bits per heavy atom. The van der Waals surface area contributed by atoms with Gasteiger partial charge in [-0.05, 0) is 38.0 Å². The zero-order chi connectivity index (χ0) is 15.9. The van der Waals surface area contributed by atoms with Gasteiger partial charge in [-0.1, -0.05) is 48.0 Å². The van der Waals surface area contributed by atoms with Crippen molar-refractivity contribution in [1.29, 1.82) is 0 Å². The van der Waals surface area contributed by atoms with Crippen molar-refractivity contribution in [3.8, 4) is 5.75 Å². The van der Waals surface area contributed by atoms with Gasteiger partial charge < -0.3 is 10.1 Å². The number of carbonyl (C=O) groups excluding carboxylic acids is 1. The van der Waals surface area contributed by atoms with Gasteiger partial charge in [0.25, 0.3) is 0 Å². The average Bonchev–Trinajstić information content (AvgIpc) is 2.49. The number of amides is 1. The van der Waals surface area contributed by atoms with Crippen LogP contribution in [-0.2, 0) is 11.2 Å². The Labute approximate surface area is 132 Å². The second-order valence-electron chi connectivity index (χ2n) is 5.71. The molecule has 3 heteroatoms. The molecule has 116 valence electrons. The Hall–Kier alpha value is -2.29. The predicted molar refractivity (Wildman–Crippen MR) is 89.2 cm³/mol. The van der Waals surface area contributed by atoms with Crippen molar-refractivity contribution >= 4 is 5.91 Å². The molecule has 2 aromatic carbocycles. The van der Waals surface area contributed by atoms with Crippen LogP contribution >= 0.6 is 0 Å². The molecule has 0 spiro atoms. The summed E-state index contributed by atoms with van der Waals surface area (Å²) in [6.45, 7) is 6.46. The van der Waals surface area contributed by atoms with E-state index in [1.165, 1.54) is 5.56 Å². The second-order valence-corrected chi connectivity index (χ2v) is 5.71. The summed E-state index contributed by atoms with van der Waals surface area (Å²) in [4.78, 5) is 12.0. The van der Waals surface area contributed by atoms with E-state index < -0.39 is 0 Å². The topological polar surface area (TPSA) is 38.3 Å². The van der Waals surface area contributed by atoms with Gasteiger partial charge in [-0.15, -0.1) is 0 Å². The van der Waals surface area contributed by atoms with Crippen LogP contribution in [0.2, 0.25) is 0 Å². The highest BCUT2D eigenvalue weighted by atomic mass is 16.5. The molecule has 0 fully saturated rings. The van der Waals surface area contributed by atoms with Crippen LogP contribution in [0.4, 0.5) is 0 Å². The van der Waals surface area contributed by atoms with Crippen molar-refractivity contribution in [2.24, 2.45) is 0 Å². The molecule has 0 aliphatic heterocycles. The highest BCUT2D eigenvalue weighted by molar-refractivity contribution is 5.78. The van der Waals surface area contributed by atoms with Crippen LogP contribution in [0.1, 0.15) is 23.6 Å². The summed E-state index contributed by atoms with van der Waals surface area (Å²) in [6, 6.07) is 15.9. The Morgan fingerprint density at radius 3 is 2.45 bits per heavy atom. The van der Waals surface area contributed by atoms with Gasteiger partial charge in [0.1, 0.15) is 12.4 Å². The quantitative estimate of drug-likeness (QED) is 0.887. The molecule has 2 rings (SSSR count). The largest absolute Gasteiger partial charge is 0.491 e. The average molecular weight is 297 g/mol. The molecular formula is C19H23NO2. The van der Waals surface area contributed by atoms with Gasteiger partial charge in [-0.2, -0.15) is 0 Å². The highest BCUT2D eigenvalue weighted by Crippen LogP contribution is 2.16. The molecule has 3 nitrogen and oxygen atoms in total. The lowest BCUT2D eigenvalue weighted by Crippen LogP contribution is -2.37. The molecule has 0 saturated heterocycles. The molecule has 0 aromatic heterocycles. The van der Waals surface area contributed by atoms with Gasteiger partial charge in [-0.3, -0.25) is 4.79 Å². The van der Waals surface area contributed by atoms with Crippen molar-refractivity contribution in [1.82, 2.24) is 5.32 Å². The number of para-hydroxylation sites is 1. The maximum absolute atomic E-state index is 12.0. The van der Waals surface area contributed by atoms with E-state index in [4.69, 9.17) is 4.74 Å². The summed E-state index contributed by atoms with van der Waals surface area (Å²) in [7, 11) is 0. The number of ether oxygens (including phenoxy) is 1. The molecule has 1 N–H and O–H groups in total. The van der Waals surface area contributed by atoms with E-state index >= 15 is 0 Å². The summed E-state index contributed by atoms with van der Waals surface area (Å²) in [6.07, 6.45) is 0.398. The first-order chi connectivity index (χ1) is 10.5. The maximum Gasteiger partial charge on any atom is 0.224 e. The molecule has 0 aliphatic carbocycles. The van der Waals surface area contributed by atoms with Crippen molar-refractivity contribution < 1.29 is 9.53 Å². The molecule has 0 radical (unpaired) electrons.